The molecule has 7 heteroatoms. The Labute approximate surface area is 121 Å². The second-order valence-corrected chi connectivity index (χ2v) is 5.61. The number of hydrogen-bond donors (Lipinski definition) is 1. The zero-order valence-corrected chi connectivity index (χ0v) is 11.4. The van der Waals surface area contributed by atoms with Crippen LogP contribution in [0.5, 0.6) is 0 Å². The van der Waals surface area contributed by atoms with Crippen LogP contribution in [0, 0.1) is 28.8 Å². The molecule has 2 aromatic carbocycles. The van der Waals surface area contributed by atoms with Crippen LogP contribution in [0.4, 0.5) is 18.9 Å². The minimum Gasteiger partial charge on any atom is -0.399 e. The Bertz CT molecular complexity index is 748. The van der Waals surface area contributed by atoms with E-state index in [0.29, 0.717) is 0 Å². The Morgan fingerprint density at radius 1 is 1.10 bits per heavy atom. The van der Waals surface area contributed by atoms with Crippen LogP contribution in [0.15, 0.2) is 35.2 Å². The molecule has 2 N–H and O–H groups in total. The van der Waals surface area contributed by atoms with Gasteiger partial charge in [0.1, 0.15) is 22.3 Å². The number of benzene rings is 2. The van der Waals surface area contributed by atoms with E-state index < -0.39 is 38.9 Å². The van der Waals surface area contributed by atoms with Crippen molar-refractivity contribution >= 4 is 16.5 Å². The lowest BCUT2D eigenvalue weighted by molar-refractivity contribution is 0.535. The van der Waals surface area contributed by atoms with Crippen molar-refractivity contribution in [1.82, 2.24) is 0 Å². The lowest BCUT2D eigenvalue weighted by Crippen LogP contribution is -2.05. The fourth-order valence-electron chi connectivity index (χ4n) is 1.74. The average Bonchev–Trinajstić information content (AvgIpc) is 2.39. The highest BCUT2D eigenvalue weighted by Gasteiger charge is 2.18. The number of nitriles is 1. The number of hydrogen-bond acceptors (Lipinski definition) is 3. The van der Waals surface area contributed by atoms with Gasteiger partial charge in [0.2, 0.25) is 0 Å². The van der Waals surface area contributed by atoms with Crippen molar-refractivity contribution in [2.24, 2.45) is 0 Å². The van der Waals surface area contributed by atoms with Crippen molar-refractivity contribution in [3.8, 4) is 6.07 Å². The van der Waals surface area contributed by atoms with Gasteiger partial charge in [0.25, 0.3) is 0 Å². The maximum absolute atomic E-state index is 13.7. The lowest BCUT2D eigenvalue weighted by Gasteiger charge is -2.07. The van der Waals surface area contributed by atoms with Gasteiger partial charge in [-0.15, -0.1) is 0 Å². The highest BCUT2D eigenvalue weighted by Crippen LogP contribution is 2.23. The number of halogens is 3. The summed E-state index contributed by atoms with van der Waals surface area (Å²) in [4.78, 5) is -0.645. The minimum atomic E-state index is -2.11. The summed E-state index contributed by atoms with van der Waals surface area (Å²) in [6.07, 6.45) is 0. The predicted molar refractivity (Wildman–Crippen MR) is 72.0 cm³/mol. The number of nitrogens with zero attached hydrogens (tertiary/aromatic N) is 1. The van der Waals surface area contributed by atoms with Crippen molar-refractivity contribution < 1.29 is 17.4 Å². The molecule has 0 aliphatic rings. The quantitative estimate of drug-likeness (QED) is 0.886. The number of nitrogen functional groups attached to an aromatic ring is 1. The fourth-order valence-corrected chi connectivity index (χ4v) is 2.96. The van der Waals surface area contributed by atoms with Gasteiger partial charge in [0.15, 0.2) is 0 Å². The van der Waals surface area contributed by atoms with E-state index in [1.807, 2.05) is 0 Å². The van der Waals surface area contributed by atoms with E-state index in [1.54, 1.807) is 6.07 Å². The van der Waals surface area contributed by atoms with Gasteiger partial charge >= 0.3 is 0 Å². The molecule has 0 spiro atoms. The van der Waals surface area contributed by atoms with Crippen LogP contribution in [0.2, 0.25) is 0 Å². The van der Waals surface area contributed by atoms with Crippen molar-refractivity contribution in [3.05, 3.63) is 58.9 Å². The van der Waals surface area contributed by atoms with Crippen molar-refractivity contribution in [1.29, 1.82) is 5.26 Å². The maximum Gasteiger partial charge on any atom is 0.144 e. The molecule has 0 bridgehead atoms. The Morgan fingerprint density at radius 3 is 2.24 bits per heavy atom. The third-order valence-electron chi connectivity index (χ3n) is 2.72. The van der Waals surface area contributed by atoms with Crippen LogP contribution >= 0.6 is 0 Å². The van der Waals surface area contributed by atoms with E-state index in [0.717, 1.165) is 18.2 Å². The van der Waals surface area contributed by atoms with Crippen LogP contribution < -0.4 is 5.73 Å². The smallest absolute Gasteiger partial charge is 0.144 e. The molecule has 21 heavy (non-hydrogen) atoms. The Hall–Kier alpha value is -2.33. The molecule has 0 heterocycles. The SMILES string of the molecule is N#Cc1ccc(CS(=O)c2c(F)cc(N)cc2F)c(F)c1. The molecule has 0 saturated carbocycles. The molecule has 3 nitrogen and oxygen atoms in total. The summed E-state index contributed by atoms with van der Waals surface area (Å²) in [5.74, 6) is -3.24. The molecule has 0 radical (unpaired) electrons. The largest absolute Gasteiger partial charge is 0.399 e. The summed E-state index contributed by atoms with van der Waals surface area (Å²) in [6, 6.07) is 7.04. The molecule has 0 saturated heterocycles. The highest BCUT2D eigenvalue weighted by atomic mass is 32.2. The molecule has 2 aromatic rings. The van der Waals surface area contributed by atoms with Crippen molar-refractivity contribution in [3.63, 3.8) is 0 Å². The summed E-state index contributed by atoms with van der Waals surface area (Å²) < 4.78 is 53.0. The Morgan fingerprint density at radius 2 is 1.71 bits per heavy atom. The molecule has 1 unspecified atom stereocenters. The second-order valence-electron chi connectivity index (χ2n) is 4.22. The van der Waals surface area contributed by atoms with Gasteiger partial charge in [-0.3, -0.25) is 4.21 Å². The molecule has 0 aromatic heterocycles. The molecule has 0 fully saturated rings. The molecule has 0 amide bonds. The number of anilines is 1. The topological polar surface area (TPSA) is 66.9 Å². The molecule has 108 valence electrons. The van der Waals surface area contributed by atoms with Gasteiger partial charge < -0.3 is 5.73 Å². The van der Waals surface area contributed by atoms with Crippen molar-refractivity contribution in [2.45, 2.75) is 10.6 Å². The van der Waals surface area contributed by atoms with E-state index in [-0.39, 0.29) is 16.8 Å². The molecule has 0 aliphatic carbocycles. The average molecular weight is 310 g/mol. The summed E-state index contributed by atoms with van der Waals surface area (Å²) >= 11 is 0. The molecule has 0 aliphatic heterocycles. The number of rotatable bonds is 3. The van der Waals surface area contributed by atoms with Gasteiger partial charge in [-0.05, 0) is 24.3 Å². The van der Waals surface area contributed by atoms with Crippen LogP contribution in [0.3, 0.4) is 0 Å². The summed E-state index contributed by atoms with van der Waals surface area (Å²) in [7, 11) is -2.11. The highest BCUT2D eigenvalue weighted by molar-refractivity contribution is 7.84. The lowest BCUT2D eigenvalue weighted by atomic mass is 10.1. The monoisotopic (exact) mass is 310 g/mol. The first-order valence-electron chi connectivity index (χ1n) is 5.73. The van der Waals surface area contributed by atoms with Gasteiger partial charge in [0, 0.05) is 11.3 Å². The maximum atomic E-state index is 13.7. The first-order valence-corrected chi connectivity index (χ1v) is 7.05. The number of nitrogens with two attached hydrogens (primary N) is 1. The first-order chi connectivity index (χ1) is 9.92. The Kier molecular flexibility index (Phi) is 4.29. The second kappa shape index (κ2) is 5.97. The minimum absolute atomic E-state index is 0.00274. The zero-order chi connectivity index (χ0) is 15.6. The standard InChI is InChI=1S/C14H9F3N2OS/c15-11-3-8(6-18)1-2-9(11)7-21(20)14-12(16)4-10(19)5-13(14)17/h1-5H,7,19H2. The molecule has 1 atom stereocenters. The fraction of sp³-hybridized carbons (Fsp3) is 0.0714. The third-order valence-corrected chi connectivity index (χ3v) is 4.14. The summed E-state index contributed by atoms with van der Waals surface area (Å²) in [5.41, 5.74) is 5.24. The van der Waals surface area contributed by atoms with Gasteiger partial charge in [0.05, 0.1) is 28.2 Å². The van der Waals surface area contributed by atoms with E-state index >= 15 is 0 Å². The van der Waals surface area contributed by atoms with Gasteiger partial charge in [-0.1, -0.05) is 6.07 Å². The summed E-state index contributed by atoms with van der Waals surface area (Å²) in [5, 5.41) is 8.62. The van der Waals surface area contributed by atoms with E-state index in [1.165, 1.54) is 12.1 Å². The normalized spacial score (nSPS) is 11.9. The Balaban J connectivity index is 2.33. The molecule has 2 rings (SSSR count). The van der Waals surface area contributed by atoms with Crippen LogP contribution in [0.25, 0.3) is 0 Å². The van der Waals surface area contributed by atoms with Crippen LogP contribution in [-0.2, 0) is 16.6 Å². The van der Waals surface area contributed by atoms with Crippen molar-refractivity contribution in [2.75, 3.05) is 5.73 Å². The van der Waals surface area contributed by atoms with E-state index in [4.69, 9.17) is 11.0 Å². The van der Waals surface area contributed by atoms with Crippen LogP contribution in [-0.4, -0.2) is 4.21 Å². The third kappa shape index (κ3) is 3.23. The summed E-state index contributed by atoms with van der Waals surface area (Å²) in [6.45, 7) is 0. The molecular formula is C14H9F3N2OS. The molecular weight excluding hydrogens is 301 g/mol. The van der Waals surface area contributed by atoms with E-state index in [2.05, 4.69) is 0 Å². The zero-order valence-electron chi connectivity index (χ0n) is 10.6. The van der Waals surface area contributed by atoms with Crippen LogP contribution in [0.1, 0.15) is 11.1 Å². The van der Waals surface area contributed by atoms with E-state index in [9.17, 15) is 17.4 Å². The first kappa shape index (κ1) is 15.1. The predicted octanol–water partition coefficient (Wildman–Crippen LogP) is 2.87. The van der Waals surface area contributed by atoms with Gasteiger partial charge in [-0.2, -0.15) is 5.26 Å². The van der Waals surface area contributed by atoms with Gasteiger partial charge in [-0.25, -0.2) is 13.2 Å².